The number of ether oxygens (including phenoxy) is 1. The number of nitrogens with zero attached hydrogens (tertiary/aromatic N) is 3. The molecule has 2 aromatic heterocycles. The average molecular weight is 288 g/mol. The fourth-order valence-electron chi connectivity index (χ4n) is 2.72. The third-order valence-corrected chi connectivity index (χ3v) is 3.81. The van der Waals surface area contributed by atoms with Crippen molar-refractivity contribution in [1.29, 1.82) is 0 Å². The van der Waals surface area contributed by atoms with Gasteiger partial charge in [-0.05, 0) is 26.5 Å². The molecule has 0 radical (unpaired) electrons. The number of hydrogen-bond acceptors (Lipinski definition) is 4. The van der Waals surface area contributed by atoms with Gasteiger partial charge in [0.15, 0.2) is 0 Å². The molecule has 0 spiro atoms. The van der Waals surface area contributed by atoms with Crippen LogP contribution >= 0.6 is 0 Å². The van der Waals surface area contributed by atoms with Crippen molar-refractivity contribution in [2.45, 2.75) is 33.2 Å². The van der Waals surface area contributed by atoms with E-state index in [2.05, 4.69) is 29.2 Å². The van der Waals surface area contributed by atoms with Crippen molar-refractivity contribution in [3.05, 3.63) is 41.0 Å². The van der Waals surface area contributed by atoms with Gasteiger partial charge in [0, 0.05) is 42.7 Å². The molecule has 2 rings (SSSR count). The van der Waals surface area contributed by atoms with Gasteiger partial charge in [0.25, 0.3) is 0 Å². The number of nitrogens with one attached hydrogen (secondary N) is 1. The van der Waals surface area contributed by atoms with E-state index in [0.29, 0.717) is 0 Å². The lowest BCUT2D eigenvalue weighted by Gasteiger charge is -2.20. The lowest BCUT2D eigenvalue weighted by atomic mass is 10.0. The third-order valence-electron chi connectivity index (χ3n) is 3.81. The minimum atomic E-state index is 0.195. The Morgan fingerprint density at radius 2 is 2.14 bits per heavy atom. The molecule has 0 aliphatic carbocycles. The molecule has 0 amide bonds. The highest BCUT2D eigenvalue weighted by Crippen LogP contribution is 2.27. The van der Waals surface area contributed by atoms with Crippen LogP contribution in [0.5, 0.6) is 5.75 Å². The molecule has 0 saturated heterocycles. The standard InChI is InChI=1S/C16H24N4O/c1-6-17-14(15-7-8-19-20(15)4)9-13-12(3)16(21-5)11(2)10-18-13/h7-8,10,14,17H,6,9H2,1-5H3. The summed E-state index contributed by atoms with van der Waals surface area (Å²) in [6.07, 6.45) is 4.53. The van der Waals surface area contributed by atoms with Crippen molar-refractivity contribution < 1.29 is 4.74 Å². The van der Waals surface area contributed by atoms with Gasteiger partial charge in [-0.25, -0.2) is 0 Å². The summed E-state index contributed by atoms with van der Waals surface area (Å²) in [7, 11) is 3.68. The summed E-state index contributed by atoms with van der Waals surface area (Å²) in [4.78, 5) is 4.60. The highest BCUT2D eigenvalue weighted by molar-refractivity contribution is 5.41. The second kappa shape index (κ2) is 6.72. The fraction of sp³-hybridized carbons (Fsp3) is 0.500. The van der Waals surface area contributed by atoms with E-state index in [1.807, 2.05) is 37.1 Å². The minimum Gasteiger partial charge on any atom is -0.496 e. The molecular weight excluding hydrogens is 264 g/mol. The van der Waals surface area contributed by atoms with Crippen LogP contribution in [0.2, 0.25) is 0 Å². The van der Waals surface area contributed by atoms with Crippen molar-refractivity contribution >= 4 is 0 Å². The van der Waals surface area contributed by atoms with Crippen LogP contribution in [0.15, 0.2) is 18.5 Å². The van der Waals surface area contributed by atoms with Gasteiger partial charge in [-0.3, -0.25) is 9.67 Å². The fourth-order valence-corrected chi connectivity index (χ4v) is 2.72. The van der Waals surface area contributed by atoms with E-state index < -0.39 is 0 Å². The van der Waals surface area contributed by atoms with Crippen LogP contribution in [0.4, 0.5) is 0 Å². The highest BCUT2D eigenvalue weighted by Gasteiger charge is 2.18. The zero-order valence-electron chi connectivity index (χ0n) is 13.5. The Bertz CT molecular complexity index is 606. The third kappa shape index (κ3) is 3.24. The quantitative estimate of drug-likeness (QED) is 0.886. The summed E-state index contributed by atoms with van der Waals surface area (Å²) in [6, 6.07) is 2.25. The lowest BCUT2D eigenvalue weighted by molar-refractivity contribution is 0.405. The Morgan fingerprint density at radius 1 is 1.38 bits per heavy atom. The van der Waals surface area contributed by atoms with Gasteiger partial charge in [0.1, 0.15) is 5.75 Å². The molecule has 5 nitrogen and oxygen atoms in total. The molecule has 0 aliphatic rings. The van der Waals surface area contributed by atoms with Crippen molar-refractivity contribution in [3.63, 3.8) is 0 Å². The minimum absolute atomic E-state index is 0.195. The zero-order chi connectivity index (χ0) is 15.4. The smallest absolute Gasteiger partial charge is 0.128 e. The van der Waals surface area contributed by atoms with Gasteiger partial charge in [-0.2, -0.15) is 5.10 Å². The maximum atomic E-state index is 5.49. The predicted octanol–water partition coefficient (Wildman–Crippen LogP) is 2.33. The maximum Gasteiger partial charge on any atom is 0.128 e. The molecule has 0 bridgehead atoms. The van der Waals surface area contributed by atoms with Crippen molar-refractivity contribution in [3.8, 4) is 5.75 Å². The van der Waals surface area contributed by atoms with E-state index >= 15 is 0 Å². The topological polar surface area (TPSA) is 52.0 Å². The summed E-state index contributed by atoms with van der Waals surface area (Å²) < 4.78 is 7.41. The zero-order valence-corrected chi connectivity index (χ0v) is 13.5. The Kier molecular flexibility index (Phi) is 4.96. The van der Waals surface area contributed by atoms with Crippen LogP contribution in [0, 0.1) is 13.8 Å². The molecule has 2 aromatic rings. The van der Waals surface area contributed by atoms with Crippen molar-refractivity contribution in [2.24, 2.45) is 7.05 Å². The van der Waals surface area contributed by atoms with Crippen LogP contribution in [-0.4, -0.2) is 28.4 Å². The molecule has 1 N–H and O–H groups in total. The first kappa shape index (κ1) is 15.5. The van der Waals surface area contributed by atoms with E-state index in [1.54, 1.807) is 7.11 Å². The highest BCUT2D eigenvalue weighted by atomic mass is 16.5. The van der Waals surface area contributed by atoms with Crippen molar-refractivity contribution in [1.82, 2.24) is 20.1 Å². The van der Waals surface area contributed by atoms with Crippen LogP contribution in [-0.2, 0) is 13.5 Å². The second-order valence-electron chi connectivity index (χ2n) is 5.24. The van der Waals surface area contributed by atoms with E-state index in [0.717, 1.165) is 41.2 Å². The van der Waals surface area contributed by atoms with Gasteiger partial charge in [0.2, 0.25) is 0 Å². The molecule has 0 aromatic carbocycles. The van der Waals surface area contributed by atoms with Gasteiger partial charge in [-0.15, -0.1) is 0 Å². The number of hydrogen-bond donors (Lipinski definition) is 1. The van der Waals surface area contributed by atoms with E-state index in [1.165, 1.54) is 0 Å². The monoisotopic (exact) mass is 288 g/mol. The van der Waals surface area contributed by atoms with Crippen LogP contribution in [0.25, 0.3) is 0 Å². The molecule has 114 valence electrons. The summed E-state index contributed by atoms with van der Waals surface area (Å²) >= 11 is 0. The molecule has 2 heterocycles. The molecular formula is C16H24N4O. The Labute approximate surface area is 126 Å². The van der Waals surface area contributed by atoms with Crippen LogP contribution in [0.1, 0.15) is 35.5 Å². The number of aromatic nitrogens is 3. The molecule has 1 unspecified atom stereocenters. The molecule has 0 saturated carbocycles. The lowest BCUT2D eigenvalue weighted by Crippen LogP contribution is -2.26. The predicted molar refractivity (Wildman–Crippen MR) is 83.6 cm³/mol. The van der Waals surface area contributed by atoms with Gasteiger partial charge in [-0.1, -0.05) is 6.92 Å². The van der Waals surface area contributed by atoms with E-state index in [4.69, 9.17) is 4.74 Å². The maximum absolute atomic E-state index is 5.49. The number of methoxy groups -OCH3 is 1. The first-order chi connectivity index (χ1) is 10.1. The van der Waals surface area contributed by atoms with E-state index in [-0.39, 0.29) is 6.04 Å². The summed E-state index contributed by atoms with van der Waals surface area (Å²) in [6.45, 7) is 7.10. The summed E-state index contributed by atoms with van der Waals surface area (Å²) in [5.41, 5.74) is 4.41. The molecule has 1 atom stereocenters. The number of aryl methyl sites for hydroxylation is 2. The SMILES string of the molecule is CCNC(Cc1ncc(C)c(OC)c1C)c1ccnn1C. The Hall–Kier alpha value is -1.88. The number of pyridine rings is 1. The van der Waals surface area contributed by atoms with Gasteiger partial charge < -0.3 is 10.1 Å². The largest absolute Gasteiger partial charge is 0.496 e. The van der Waals surface area contributed by atoms with Crippen molar-refractivity contribution in [2.75, 3.05) is 13.7 Å². The number of likely N-dealkylation sites (N-methyl/N-ethyl adjacent to an activating group) is 1. The molecule has 5 heteroatoms. The average Bonchev–Trinajstić information content (AvgIpc) is 2.88. The molecule has 21 heavy (non-hydrogen) atoms. The van der Waals surface area contributed by atoms with Crippen LogP contribution < -0.4 is 10.1 Å². The number of rotatable bonds is 6. The first-order valence-corrected chi connectivity index (χ1v) is 7.28. The molecule has 0 fully saturated rings. The van der Waals surface area contributed by atoms with Gasteiger partial charge in [0.05, 0.1) is 18.8 Å². The van der Waals surface area contributed by atoms with Crippen LogP contribution in [0.3, 0.4) is 0 Å². The van der Waals surface area contributed by atoms with E-state index in [9.17, 15) is 0 Å². The molecule has 0 aliphatic heterocycles. The van der Waals surface area contributed by atoms with Gasteiger partial charge >= 0.3 is 0 Å². The summed E-state index contributed by atoms with van der Waals surface area (Å²) in [5.74, 6) is 0.931. The normalized spacial score (nSPS) is 12.4. The summed E-state index contributed by atoms with van der Waals surface area (Å²) in [5, 5.41) is 7.78. The Balaban J connectivity index is 2.32. The second-order valence-corrected chi connectivity index (χ2v) is 5.24. The Morgan fingerprint density at radius 3 is 2.71 bits per heavy atom. The first-order valence-electron chi connectivity index (χ1n) is 7.28.